The number of aliphatic hydroxyl groups is 1. The second-order valence-electron chi connectivity index (χ2n) is 20.2. The number of benzene rings is 4. The maximum Gasteiger partial charge on any atom is 0.337 e. The fourth-order valence-corrected chi connectivity index (χ4v) is 10.5. The van der Waals surface area contributed by atoms with Gasteiger partial charge in [0.15, 0.2) is 11.6 Å². The summed E-state index contributed by atoms with van der Waals surface area (Å²) in [6.45, 7) is 10.6. The van der Waals surface area contributed by atoms with Gasteiger partial charge in [-0.3, -0.25) is 9.69 Å². The number of hydrogen-bond acceptors (Lipinski definition) is 19. The lowest BCUT2D eigenvalue weighted by Gasteiger charge is -2.37. The van der Waals surface area contributed by atoms with Crippen LogP contribution in [-0.4, -0.2) is 206 Å². The number of amidine groups is 1. The average Bonchev–Trinajstić information content (AvgIpc) is 1.32. The van der Waals surface area contributed by atoms with Crippen LogP contribution in [0.2, 0.25) is 0 Å². The van der Waals surface area contributed by atoms with E-state index in [1.54, 1.807) is 18.2 Å². The van der Waals surface area contributed by atoms with Gasteiger partial charge >= 0.3 is 5.97 Å². The fourth-order valence-electron chi connectivity index (χ4n) is 8.90. The van der Waals surface area contributed by atoms with E-state index < -0.39 is 51.6 Å². The SMILES string of the molecule is CCC(c1cccc(S(=O)(=O)N2CC(CO)C2)c1)c1ccc2c(c1)N=C(N)CC(C(=O)NCc1ccc(CN(C)CCOCCOCCOCCOCCOCCOCCOCCOCCOCCOCC(=O)Oc3c(F)c(F)cc(F)c3F)cc1)=C2. The second kappa shape index (κ2) is 38.6. The minimum absolute atomic E-state index is 0.00217. The molecule has 0 aliphatic carbocycles. The molecule has 2 heterocycles. The summed E-state index contributed by atoms with van der Waals surface area (Å²) in [5, 5.41) is 12.4. The van der Waals surface area contributed by atoms with Crippen LogP contribution in [0.15, 0.2) is 88.3 Å². The minimum Gasteiger partial charge on any atom is -0.418 e. The Morgan fingerprint density at radius 3 is 1.69 bits per heavy atom. The van der Waals surface area contributed by atoms with Crippen LogP contribution < -0.4 is 15.8 Å². The molecule has 2 aliphatic rings. The van der Waals surface area contributed by atoms with E-state index >= 15 is 0 Å². The Labute approximate surface area is 505 Å². The zero-order valence-corrected chi connectivity index (χ0v) is 50.2. The highest BCUT2D eigenvalue weighted by Crippen LogP contribution is 2.36. The number of nitrogens with zero attached hydrogens (tertiary/aromatic N) is 3. The van der Waals surface area contributed by atoms with E-state index in [9.17, 15) is 40.7 Å². The topological polar surface area (TPSA) is 247 Å². The van der Waals surface area contributed by atoms with Crippen molar-refractivity contribution in [3.63, 3.8) is 0 Å². The number of carbonyl (C=O) groups is 2. The smallest absolute Gasteiger partial charge is 0.337 e. The Morgan fingerprint density at radius 1 is 0.678 bits per heavy atom. The third kappa shape index (κ3) is 24.2. The molecule has 1 fully saturated rings. The molecule has 0 saturated carbocycles. The van der Waals surface area contributed by atoms with Crippen LogP contribution in [0.3, 0.4) is 0 Å². The number of nitrogens with one attached hydrogen (secondary N) is 1. The van der Waals surface area contributed by atoms with Crippen molar-refractivity contribution >= 4 is 39.5 Å². The number of ether oxygens (including phenoxy) is 11. The fraction of sp³-hybridized carbons (Fsp3) is 0.525. The first-order valence-electron chi connectivity index (χ1n) is 28.9. The molecule has 480 valence electrons. The molecule has 2 aliphatic heterocycles. The Bertz CT molecular complexity index is 2900. The monoisotopic (exact) mass is 1250 g/mol. The van der Waals surface area contributed by atoms with Gasteiger partial charge in [-0.05, 0) is 60.0 Å². The van der Waals surface area contributed by atoms with Crippen molar-refractivity contribution in [3.8, 4) is 5.75 Å². The number of hydrogen-bond donors (Lipinski definition) is 3. The third-order valence-electron chi connectivity index (χ3n) is 13.6. The van der Waals surface area contributed by atoms with Gasteiger partial charge in [-0.25, -0.2) is 27.0 Å². The lowest BCUT2D eigenvalue weighted by molar-refractivity contribution is -0.140. The molecule has 6 rings (SSSR count). The minimum atomic E-state index is -3.67. The summed E-state index contributed by atoms with van der Waals surface area (Å²) in [4.78, 5) is 32.2. The maximum absolute atomic E-state index is 13.6. The molecular formula is C61H81F4N5O16S. The summed E-state index contributed by atoms with van der Waals surface area (Å²) in [5.41, 5.74) is 12.2. The number of sulfonamides is 1. The van der Waals surface area contributed by atoms with Gasteiger partial charge in [0.25, 0.3) is 0 Å². The lowest BCUT2D eigenvalue weighted by atomic mass is 9.88. The summed E-state index contributed by atoms with van der Waals surface area (Å²) >= 11 is 0. The van der Waals surface area contributed by atoms with Crippen LogP contribution in [-0.2, 0) is 80.1 Å². The normalized spacial score (nSPS) is 14.1. The molecule has 4 aromatic rings. The van der Waals surface area contributed by atoms with Gasteiger partial charge in [0.2, 0.25) is 33.3 Å². The van der Waals surface area contributed by atoms with Crippen LogP contribution in [0.1, 0.15) is 53.5 Å². The predicted molar refractivity (Wildman–Crippen MR) is 313 cm³/mol. The van der Waals surface area contributed by atoms with Gasteiger partial charge in [0, 0.05) is 74.8 Å². The van der Waals surface area contributed by atoms with E-state index in [0.29, 0.717) is 142 Å². The van der Waals surface area contributed by atoms with E-state index in [1.165, 1.54) is 4.31 Å². The third-order valence-corrected chi connectivity index (χ3v) is 15.4. The summed E-state index contributed by atoms with van der Waals surface area (Å²) in [7, 11) is -1.64. The van der Waals surface area contributed by atoms with Crippen molar-refractivity contribution in [2.45, 2.75) is 43.7 Å². The van der Waals surface area contributed by atoms with Crippen molar-refractivity contribution in [2.24, 2.45) is 16.6 Å². The van der Waals surface area contributed by atoms with Crippen LogP contribution >= 0.6 is 0 Å². The van der Waals surface area contributed by atoms with Crippen molar-refractivity contribution in [2.75, 3.05) is 165 Å². The number of carbonyl (C=O) groups excluding carboxylic acids is 2. The zero-order valence-electron chi connectivity index (χ0n) is 49.4. The van der Waals surface area contributed by atoms with E-state index in [2.05, 4.69) is 39.0 Å². The highest BCUT2D eigenvalue weighted by molar-refractivity contribution is 7.89. The largest absolute Gasteiger partial charge is 0.418 e. The first kappa shape index (κ1) is 70.3. The number of aliphatic imine (C=N–C) groups is 1. The highest BCUT2D eigenvalue weighted by atomic mass is 32.2. The molecule has 0 bridgehead atoms. The summed E-state index contributed by atoms with van der Waals surface area (Å²) in [6, 6.07) is 21.0. The standard InChI is InChI=1S/C61H81F4N5O16S/c1-3-52(47-5-4-6-51(34-47)87(74,75)70-40-46(41-70)42-71)48-11-12-49-33-50(36-56(66)68-55(49)35-48)61(73)67-38-44-7-9-45(10-8-44)39-69(2)13-14-76-15-16-77-17-18-78-19-20-79-21-22-80-23-24-81-25-26-82-27-28-83-29-30-84-31-32-85-43-57(72)86-60-58(64)53(62)37-54(63)59(60)65/h4-12,33-35,37,46,52,71H,3,13-32,36,38-43H2,1-2H3,(H2,66,68)(H,67,73). The van der Waals surface area contributed by atoms with Crippen LogP contribution in [0.5, 0.6) is 5.75 Å². The Kier molecular flexibility index (Phi) is 31.1. The average molecular weight is 1250 g/mol. The van der Waals surface area contributed by atoms with Crippen molar-refractivity contribution in [1.82, 2.24) is 14.5 Å². The Morgan fingerprint density at radius 2 is 1.17 bits per heavy atom. The molecule has 21 nitrogen and oxygen atoms in total. The Hall–Kier alpha value is -5.82. The first-order valence-corrected chi connectivity index (χ1v) is 30.3. The Balaban J connectivity index is 0.690. The van der Waals surface area contributed by atoms with Gasteiger partial charge in [0.05, 0.1) is 136 Å². The van der Waals surface area contributed by atoms with Crippen LogP contribution in [0, 0.1) is 29.2 Å². The molecule has 1 saturated heterocycles. The number of esters is 1. The molecule has 1 unspecified atom stereocenters. The number of rotatable bonds is 44. The van der Waals surface area contributed by atoms with Gasteiger partial charge in [0.1, 0.15) is 12.4 Å². The summed E-state index contributed by atoms with van der Waals surface area (Å²) in [5.74, 6) is -9.83. The quantitative estimate of drug-likeness (QED) is 0.0158. The number of amides is 1. The van der Waals surface area contributed by atoms with Crippen molar-refractivity contribution < 1.29 is 92.8 Å². The maximum atomic E-state index is 13.6. The van der Waals surface area contributed by atoms with E-state index in [0.717, 1.165) is 40.9 Å². The summed E-state index contributed by atoms with van der Waals surface area (Å²) in [6.07, 6.45) is 2.73. The molecule has 4 N–H and O–H groups in total. The zero-order chi connectivity index (χ0) is 62.2. The number of nitrogens with two attached hydrogens (primary N) is 1. The number of fused-ring (bicyclic) bond motifs is 1. The lowest BCUT2D eigenvalue weighted by Crippen LogP contribution is -2.51. The molecule has 1 amide bonds. The van der Waals surface area contributed by atoms with Crippen molar-refractivity contribution in [3.05, 3.63) is 129 Å². The molecule has 87 heavy (non-hydrogen) atoms. The van der Waals surface area contributed by atoms with Crippen LogP contribution in [0.25, 0.3) is 6.08 Å². The molecule has 0 aromatic heterocycles. The van der Waals surface area contributed by atoms with E-state index in [4.69, 9.17) is 53.1 Å². The number of halogens is 4. The van der Waals surface area contributed by atoms with E-state index in [-0.39, 0.29) is 68.2 Å². The highest BCUT2D eigenvalue weighted by Gasteiger charge is 2.36. The molecule has 1 atom stereocenters. The second-order valence-corrected chi connectivity index (χ2v) is 22.2. The summed E-state index contributed by atoms with van der Waals surface area (Å²) < 4.78 is 140. The predicted octanol–water partition coefficient (Wildman–Crippen LogP) is 5.69. The number of aliphatic hydroxyl groups excluding tert-OH is 1. The molecule has 0 radical (unpaired) electrons. The van der Waals surface area contributed by atoms with Gasteiger partial charge in [-0.2, -0.15) is 13.1 Å². The molecule has 0 spiro atoms. The van der Waals surface area contributed by atoms with Crippen LogP contribution in [0.4, 0.5) is 23.2 Å². The van der Waals surface area contributed by atoms with E-state index in [1.807, 2.05) is 49.5 Å². The molecule has 4 aromatic carbocycles. The molecule has 26 heteroatoms. The first-order chi connectivity index (χ1) is 42.2. The van der Waals surface area contributed by atoms with Gasteiger partial charge in [-0.15, -0.1) is 0 Å². The van der Waals surface area contributed by atoms with Gasteiger partial charge in [-0.1, -0.05) is 55.5 Å². The molecular weight excluding hydrogens is 1170 g/mol. The number of likely N-dealkylation sites (N-methyl/N-ethyl adjacent to an activating group) is 1. The van der Waals surface area contributed by atoms with Gasteiger partial charge < -0.3 is 68.3 Å². The van der Waals surface area contributed by atoms with Crippen molar-refractivity contribution in [1.29, 1.82) is 0 Å².